The first kappa shape index (κ1) is 19.1. The van der Waals surface area contributed by atoms with E-state index in [2.05, 4.69) is 10.1 Å². The van der Waals surface area contributed by atoms with E-state index in [4.69, 9.17) is 9.26 Å². The highest BCUT2D eigenvalue weighted by atomic mass is 16.5. The van der Waals surface area contributed by atoms with Crippen molar-refractivity contribution in [2.45, 2.75) is 13.0 Å². The maximum Gasteiger partial charge on any atom is 0.258 e. The first-order valence-electron chi connectivity index (χ1n) is 10.2. The Hall–Kier alpha value is -3.93. The summed E-state index contributed by atoms with van der Waals surface area (Å²) in [6.07, 6.45) is -0.00512. The van der Waals surface area contributed by atoms with Crippen molar-refractivity contribution in [1.29, 1.82) is 0 Å². The molecule has 0 saturated carbocycles. The molecule has 6 heteroatoms. The van der Waals surface area contributed by atoms with Gasteiger partial charge < -0.3 is 14.2 Å². The highest BCUT2D eigenvalue weighted by molar-refractivity contribution is 5.95. The molecule has 31 heavy (non-hydrogen) atoms. The number of benzene rings is 3. The van der Waals surface area contributed by atoms with Gasteiger partial charge in [0.25, 0.3) is 11.8 Å². The van der Waals surface area contributed by atoms with Crippen LogP contribution in [0.2, 0.25) is 0 Å². The molecule has 0 aliphatic carbocycles. The number of hydrogen-bond acceptors (Lipinski definition) is 5. The van der Waals surface area contributed by atoms with Crippen LogP contribution in [-0.4, -0.2) is 40.1 Å². The molecule has 0 bridgehead atoms. The molecule has 0 atom stereocenters. The third-order valence-corrected chi connectivity index (χ3v) is 5.26. The summed E-state index contributed by atoms with van der Waals surface area (Å²) in [4.78, 5) is 18.8. The standard InChI is InChI=1S/C25H21N3O3/c1-17-6-5-9-20(14-17)25(29)28-15-22(16-28)30-21-12-10-18(11-13-21)23-26-24(31-27-23)19-7-3-2-4-8-19/h2-14,22H,15-16H2,1H3. The van der Waals surface area contributed by atoms with E-state index >= 15 is 0 Å². The molecule has 0 spiro atoms. The molecule has 2 heterocycles. The third kappa shape index (κ3) is 4.05. The lowest BCUT2D eigenvalue weighted by Crippen LogP contribution is -2.56. The summed E-state index contributed by atoms with van der Waals surface area (Å²) in [5, 5.41) is 4.07. The fraction of sp³-hybridized carbons (Fsp3) is 0.160. The van der Waals surface area contributed by atoms with Crippen molar-refractivity contribution in [2.75, 3.05) is 13.1 Å². The van der Waals surface area contributed by atoms with Gasteiger partial charge in [0.05, 0.1) is 13.1 Å². The highest BCUT2D eigenvalue weighted by Gasteiger charge is 2.32. The normalized spacial score (nSPS) is 13.6. The van der Waals surface area contributed by atoms with E-state index in [1.807, 2.05) is 85.8 Å². The number of aromatic nitrogens is 2. The van der Waals surface area contributed by atoms with Gasteiger partial charge in [-0.05, 0) is 55.5 Å². The fourth-order valence-electron chi connectivity index (χ4n) is 3.55. The number of carbonyl (C=O) groups excluding carboxylic acids is 1. The van der Waals surface area contributed by atoms with Gasteiger partial charge in [0.1, 0.15) is 11.9 Å². The van der Waals surface area contributed by atoms with Gasteiger partial charge in [-0.3, -0.25) is 4.79 Å². The van der Waals surface area contributed by atoms with Crippen molar-refractivity contribution in [3.05, 3.63) is 90.0 Å². The average molecular weight is 411 g/mol. The Morgan fingerprint density at radius 3 is 2.48 bits per heavy atom. The van der Waals surface area contributed by atoms with Crippen molar-refractivity contribution in [2.24, 2.45) is 0 Å². The number of carbonyl (C=O) groups is 1. The summed E-state index contributed by atoms with van der Waals surface area (Å²) in [5.41, 5.74) is 3.54. The lowest BCUT2D eigenvalue weighted by molar-refractivity contribution is 0.0178. The summed E-state index contributed by atoms with van der Waals surface area (Å²) in [6, 6.07) is 24.9. The van der Waals surface area contributed by atoms with Crippen LogP contribution in [0.1, 0.15) is 15.9 Å². The van der Waals surface area contributed by atoms with E-state index in [-0.39, 0.29) is 12.0 Å². The lowest BCUT2D eigenvalue weighted by Gasteiger charge is -2.39. The van der Waals surface area contributed by atoms with Crippen LogP contribution < -0.4 is 4.74 Å². The molecule has 4 aromatic rings. The number of ether oxygens (including phenoxy) is 1. The van der Waals surface area contributed by atoms with Crippen LogP contribution in [0.4, 0.5) is 0 Å². The summed E-state index contributed by atoms with van der Waals surface area (Å²) >= 11 is 0. The van der Waals surface area contributed by atoms with Gasteiger partial charge in [-0.2, -0.15) is 4.98 Å². The number of nitrogens with zero attached hydrogens (tertiary/aromatic N) is 3. The zero-order valence-corrected chi connectivity index (χ0v) is 17.1. The predicted octanol–water partition coefficient (Wildman–Crippen LogP) is 4.62. The number of likely N-dealkylation sites (tertiary alicyclic amines) is 1. The quantitative estimate of drug-likeness (QED) is 0.480. The van der Waals surface area contributed by atoms with E-state index in [0.717, 1.165) is 28.0 Å². The molecule has 1 fully saturated rings. The predicted molar refractivity (Wildman–Crippen MR) is 117 cm³/mol. The Morgan fingerprint density at radius 1 is 0.968 bits per heavy atom. The van der Waals surface area contributed by atoms with Crippen molar-refractivity contribution in [3.8, 4) is 28.6 Å². The van der Waals surface area contributed by atoms with Gasteiger partial charge in [-0.25, -0.2) is 0 Å². The van der Waals surface area contributed by atoms with Gasteiger partial charge in [0.2, 0.25) is 5.82 Å². The van der Waals surface area contributed by atoms with Crippen molar-refractivity contribution in [1.82, 2.24) is 15.0 Å². The van der Waals surface area contributed by atoms with Gasteiger partial charge >= 0.3 is 0 Å². The molecule has 1 aromatic heterocycles. The second kappa shape index (κ2) is 8.07. The van der Waals surface area contributed by atoms with Crippen LogP contribution in [0, 0.1) is 6.92 Å². The molecule has 0 N–H and O–H groups in total. The van der Waals surface area contributed by atoms with Crippen LogP contribution in [0.5, 0.6) is 5.75 Å². The summed E-state index contributed by atoms with van der Waals surface area (Å²) in [5.74, 6) is 1.82. The first-order chi connectivity index (χ1) is 15.2. The van der Waals surface area contributed by atoms with E-state index in [0.29, 0.717) is 24.8 Å². The molecule has 3 aromatic carbocycles. The van der Waals surface area contributed by atoms with Gasteiger partial charge in [-0.1, -0.05) is 41.1 Å². The Kier molecular flexibility index (Phi) is 4.96. The lowest BCUT2D eigenvalue weighted by atomic mass is 10.1. The van der Waals surface area contributed by atoms with E-state index in [9.17, 15) is 4.79 Å². The highest BCUT2D eigenvalue weighted by Crippen LogP contribution is 2.25. The van der Waals surface area contributed by atoms with E-state index < -0.39 is 0 Å². The van der Waals surface area contributed by atoms with Crippen LogP contribution in [0.25, 0.3) is 22.8 Å². The monoisotopic (exact) mass is 411 g/mol. The second-order valence-corrected chi connectivity index (χ2v) is 7.63. The SMILES string of the molecule is Cc1cccc(C(=O)N2CC(Oc3ccc(-c4noc(-c5ccccc5)n4)cc3)C2)c1. The molecule has 1 amide bonds. The van der Waals surface area contributed by atoms with Crippen LogP contribution in [0.3, 0.4) is 0 Å². The van der Waals surface area contributed by atoms with Crippen LogP contribution >= 0.6 is 0 Å². The Bertz CT molecular complexity index is 1200. The number of rotatable bonds is 5. The van der Waals surface area contributed by atoms with Crippen molar-refractivity contribution < 1.29 is 14.1 Å². The number of aryl methyl sites for hydroxylation is 1. The molecule has 1 aliphatic heterocycles. The molecule has 1 aliphatic rings. The van der Waals surface area contributed by atoms with Crippen LogP contribution in [-0.2, 0) is 0 Å². The van der Waals surface area contributed by atoms with Gasteiger partial charge in [0, 0.05) is 16.7 Å². The zero-order chi connectivity index (χ0) is 21.2. The first-order valence-corrected chi connectivity index (χ1v) is 10.2. The van der Waals surface area contributed by atoms with Crippen molar-refractivity contribution >= 4 is 5.91 Å². The molecular weight excluding hydrogens is 390 g/mol. The molecular formula is C25H21N3O3. The minimum atomic E-state index is -0.00512. The van der Waals surface area contributed by atoms with Gasteiger partial charge in [-0.15, -0.1) is 0 Å². The largest absolute Gasteiger partial charge is 0.487 e. The maximum atomic E-state index is 12.5. The average Bonchev–Trinajstić information content (AvgIpc) is 3.27. The second-order valence-electron chi connectivity index (χ2n) is 7.63. The minimum absolute atomic E-state index is 0.00512. The fourth-order valence-corrected chi connectivity index (χ4v) is 3.55. The van der Waals surface area contributed by atoms with Gasteiger partial charge in [0.15, 0.2) is 0 Å². The Balaban J connectivity index is 1.18. The maximum absolute atomic E-state index is 12.5. The smallest absolute Gasteiger partial charge is 0.258 e. The summed E-state index contributed by atoms with van der Waals surface area (Å²) in [6.45, 7) is 3.15. The van der Waals surface area contributed by atoms with E-state index in [1.165, 1.54) is 0 Å². The zero-order valence-electron chi connectivity index (χ0n) is 17.1. The number of hydrogen-bond donors (Lipinski definition) is 0. The Labute approximate surface area is 180 Å². The molecule has 6 nitrogen and oxygen atoms in total. The third-order valence-electron chi connectivity index (χ3n) is 5.26. The molecule has 0 unspecified atom stereocenters. The number of amides is 1. The molecule has 1 saturated heterocycles. The van der Waals surface area contributed by atoms with Crippen LogP contribution in [0.15, 0.2) is 83.4 Å². The molecule has 154 valence electrons. The van der Waals surface area contributed by atoms with E-state index in [1.54, 1.807) is 4.90 Å². The Morgan fingerprint density at radius 2 is 1.74 bits per heavy atom. The molecule has 0 radical (unpaired) electrons. The summed E-state index contributed by atoms with van der Waals surface area (Å²) < 4.78 is 11.4. The van der Waals surface area contributed by atoms with Crippen molar-refractivity contribution in [3.63, 3.8) is 0 Å². The minimum Gasteiger partial charge on any atom is -0.487 e. The topological polar surface area (TPSA) is 68.5 Å². The molecule has 5 rings (SSSR count). The summed E-state index contributed by atoms with van der Waals surface area (Å²) in [7, 11) is 0.